The molecule has 1 saturated carbocycles. The zero-order valence-corrected chi connectivity index (χ0v) is 15.2. The fraction of sp³-hybridized carbons (Fsp3) is 0.562. The molecule has 2 bridgehead atoms. The quantitative estimate of drug-likeness (QED) is 0.577. The SMILES string of the molecule is O=C(NCCN1C(=O)C2C3C=CC(CC3)C2C1=O)Nc1nnc(C(F)(F)F)s1. The average Bonchev–Trinajstić information content (AvgIpc) is 3.22. The van der Waals surface area contributed by atoms with Crippen LogP contribution >= 0.6 is 11.3 Å². The Bertz CT molecular complexity index is 823. The van der Waals surface area contributed by atoms with Crippen molar-refractivity contribution in [2.75, 3.05) is 18.4 Å². The number of aromatic nitrogens is 2. The second-order valence-corrected chi connectivity index (χ2v) is 7.94. The summed E-state index contributed by atoms with van der Waals surface area (Å²) >= 11 is 0.204. The van der Waals surface area contributed by atoms with Crippen molar-refractivity contribution in [1.82, 2.24) is 20.4 Å². The number of allylic oxidation sites excluding steroid dienone is 2. The molecule has 0 radical (unpaired) electrons. The number of likely N-dealkylation sites (tertiary alicyclic amines) is 1. The van der Waals surface area contributed by atoms with Crippen LogP contribution in [0.1, 0.15) is 17.8 Å². The van der Waals surface area contributed by atoms with Crippen molar-refractivity contribution in [3.05, 3.63) is 17.2 Å². The third-order valence-corrected chi connectivity index (χ3v) is 6.24. The zero-order valence-electron chi connectivity index (χ0n) is 14.4. The van der Waals surface area contributed by atoms with E-state index in [1.807, 2.05) is 12.2 Å². The van der Waals surface area contributed by atoms with Gasteiger partial charge in [-0.2, -0.15) is 13.2 Å². The molecule has 5 rings (SSSR count). The molecule has 4 aliphatic rings. The molecule has 4 unspecified atom stereocenters. The van der Waals surface area contributed by atoms with Gasteiger partial charge in [0.1, 0.15) is 0 Å². The smallest absolute Gasteiger partial charge is 0.336 e. The number of fused-ring (bicyclic) bond motifs is 1. The molecule has 3 aliphatic carbocycles. The van der Waals surface area contributed by atoms with E-state index in [9.17, 15) is 27.6 Å². The molecule has 1 aromatic rings. The standard InChI is InChI=1S/C16H16F3N5O3S/c17-16(18,19)13-22-23-15(28-13)21-14(27)20-5-6-24-11(25)9-7-1-2-8(4-3-7)10(9)12(24)26/h1-2,7-10H,3-6H2,(H2,20,21,23,27). The van der Waals surface area contributed by atoms with Crippen molar-refractivity contribution in [2.24, 2.45) is 23.7 Å². The summed E-state index contributed by atoms with van der Waals surface area (Å²) in [5.74, 6) is -0.870. The molecular weight excluding hydrogens is 399 g/mol. The Labute approximate surface area is 161 Å². The van der Waals surface area contributed by atoms with Crippen LogP contribution in [0, 0.1) is 23.7 Å². The molecule has 12 heteroatoms. The van der Waals surface area contributed by atoms with E-state index in [4.69, 9.17) is 0 Å². The lowest BCUT2D eigenvalue weighted by atomic mass is 9.63. The summed E-state index contributed by atoms with van der Waals surface area (Å²) in [5, 5.41) is 9.32. The van der Waals surface area contributed by atoms with E-state index in [2.05, 4.69) is 20.8 Å². The lowest BCUT2D eigenvalue weighted by Gasteiger charge is -2.38. The van der Waals surface area contributed by atoms with Gasteiger partial charge in [0.05, 0.1) is 11.8 Å². The first-order chi connectivity index (χ1) is 13.3. The van der Waals surface area contributed by atoms with Gasteiger partial charge < -0.3 is 5.32 Å². The number of urea groups is 1. The number of nitrogens with zero attached hydrogens (tertiary/aromatic N) is 3. The van der Waals surface area contributed by atoms with E-state index < -0.39 is 17.2 Å². The van der Waals surface area contributed by atoms with Crippen LogP contribution in [0.4, 0.5) is 23.1 Å². The third-order valence-electron chi connectivity index (χ3n) is 5.36. The summed E-state index contributed by atoms with van der Waals surface area (Å²) in [6.07, 6.45) is 1.21. The Morgan fingerprint density at radius 3 is 2.25 bits per heavy atom. The highest BCUT2D eigenvalue weighted by molar-refractivity contribution is 7.15. The Morgan fingerprint density at radius 1 is 1.14 bits per heavy atom. The van der Waals surface area contributed by atoms with E-state index in [1.54, 1.807) is 0 Å². The predicted molar refractivity (Wildman–Crippen MR) is 91.0 cm³/mol. The molecule has 28 heavy (non-hydrogen) atoms. The first-order valence-corrected chi connectivity index (χ1v) is 9.56. The van der Waals surface area contributed by atoms with Gasteiger partial charge in [-0.05, 0) is 24.7 Å². The van der Waals surface area contributed by atoms with Gasteiger partial charge in [0.2, 0.25) is 22.0 Å². The van der Waals surface area contributed by atoms with Crippen LogP contribution < -0.4 is 10.6 Å². The molecule has 2 heterocycles. The van der Waals surface area contributed by atoms with Crippen molar-refractivity contribution >= 4 is 34.3 Å². The fourth-order valence-electron chi connectivity index (χ4n) is 4.17. The number of rotatable bonds is 4. The molecule has 2 N–H and O–H groups in total. The Hall–Kier alpha value is -2.50. The van der Waals surface area contributed by atoms with Crippen LogP contribution in [0.5, 0.6) is 0 Å². The van der Waals surface area contributed by atoms with Gasteiger partial charge in [0, 0.05) is 13.1 Å². The summed E-state index contributed by atoms with van der Waals surface area (Å²) < 4.78 is 37.4. The highest BCUT2D eigenvalue weighted by Gasteiger charge is 2.56. The minimum absolute atomic E-state index is 0.0153. The van der Waals surface area contributed by atoms with Gasteiger partial charge in [-0.1, -0.05) is 23.5 Å². The number of amides is 4. The summed E-state index contributed by atoms with van der Waals surface area (Å²) in [6.45, 7) is -0.00209. The maximum atomic E-state index is 12.6. The molecule has 0 spiro atoms. The first-order valence-electron chi connectivity index (χ1n) is 8.75. The molecule has 1 saturated heterocycles. The van der Waals surface area contributed by atoms with Crippen molar-refractivity contribution < 1.29 is 27.6 Å². The number of carbonyl (C=O) groups excluding carboxylic acids is 3. The van der Waals surface area contributed by atoms with Crippen LogP contribution in [0.15, 0.2) is 12.2 Å². The molecule has 1 aliphatic heterocycles. The molecule has 150 valence electrons. The van der Waals surface area contributed by atoms with Gasteiger partial charge in [0.15, 0.2) is 0 Å². The Morgan fingerprint density at radius 2 is 1.75 bits per heavy atom. The number of carbonyl (C=O) groups is 3. The Kier molecular flexibility index (Phi) is 4.60. The van der Waals surface area contributed by atoms with E-state index >= 15 is 0 Å². The van der Waals surface area contributed by atoms with E-state index in [1.165, 1.54) is 4.90 Å². The van der Waals surface area contributed by atoms with Crippen LogP contribution in [0.3, 0.4) is 0 Å². The van der Waals surface area contributed by atoms with Crippen molar-refractivity contribution in [1.29, 1.82) is 0 Å². The number of nitrogens with one attached hydrogen (secondary N) is 2. The second kappa shape index (κ2) is 6.83. The number of hydrogen-bond acceptors (Lipinski definition) is 6. The molecule has 0 aromatic carbocycles. The van der Waals surface area contributed by atoms with E-state index in [0.717, 1.165) is 12.8 Å². The van der Waals surface area contributed by atoms with E-state index in [-0.39, 0.29) is 65.0 Å². The first kappa shape index (κ1) is 18.8. The maximum absolute atomic E-state index is 12.6. The maximum Gasteiger partial charge on any atom is 0.445 e. The topological polar surface area (TPSA) is 104 Å². The van der Waals surface area contributed by atoms with Crippen LogP contribution in [0.25, 0.3) is 0 Å². The lowest BCUT2D eigenvalue weighted by Crippen LogP contribution is -2.40. The van der Waals surface area contributed by atoms with Gasteiger partial charge in [-0.25, -0.2) is 4.79 Å². The highest BCUT2D eigenvalue weighted by Crippen LogP contribution is 2.49. The Balaban J connectivity index is 1.29. The summed E-state index contributed by atoms with van der Waals surface area (Å²) in [5.41, 5.74) is 0. The molecule has 8 nitrogen and oxygen atoms in total. The summed E-state index contributed by atoms with van der Waals surface area (Å²) in [7, 11) is 0. The number of hydrogen-bond donors (Lipinski definition) is 2. The number of imide groups is 1. The summed E-state index contributed by atoms with van der Waals surface area (Å²) in [4.78, 5) is 38.2. The molecule has 4 atom stereocenters. The predicted octanol–water partition coefficient (Wildman–Crippen LogP) is 1.88. The minimum atomic E-state index is -4.63. The highest BCUT2D eigenvalue weighted by atomic mass is 32.1. The van der Waals surface area contributed by atoms with Crippen molar-refractivity contribution in [3.8, 4) is 0 Å². The van der Waals surface area contributed by atoms with Crippen LogP contribution in [0.2, 0.25) is 0 Å². The average molecular weight is 415 g/mol. The molecule has 1 aromatic heterocycles. The van der Waals surface area contributed by atoms with Gasteiger partial charge in [-0.15, -0.1) is 10.2 Å². The molecular formula is C16H16F3N5O3S. The summed E-state index contributed by atoms with van der Waals surface area (Å²) in [6, 6.07) is -0.789. The van der Waals surface area contributed by atoms with Gasteiger partial charge >= 0.3 is 12.2 Å². The van der Waals surface area contributed by atoms with Gasteiger partial charge in [-0.3, -0.25) is 19.8 Å². The minimum Gasteiger partial charge on any atom is -0.336 e. The normalized spacial score (nSPS) is 28.6. The number of alkyl halides is 3. The number of anilines is 1. The van der Waals surface area contributed by atoms with Crippen molar-refractivity contribution in [2.45, 2.75) is 19.0 Å². The zero-order chi connectivity index (χ0) is 20.1. The monoisotopic (exact) mass is 415 g/mol. The van der Waals surface area contributed by atoms with Crippen LogP contribution in [-0.4, -0.2) is 46.0 Å². The second-order valence-electron chi connectivity index (χ2n) is 6.96. The van der Waals surface area contributed by atoms with Gasteiger partial charge in [0.25, 0.3) is 0 Å². The molecule has 2 fully saturated rings. The van der Waals surface area contributed by atoms with Crippen molar-refractivity contribution in [3.63, 3.8) is 0 Å². The van der Waals surface area contributed by atoms with Crippen LogP contribution in [-0.2, 0) is 15.8 Å². The third kappa shape index (κ3) is 3.25. The largest absolute Gasteiger partial charge is 0.445 e. The fourth-order valence-corrected chi connectivity index (χ4v) is 4.77. The lowest BCUT2D eigenvalue weighted by molar-refractivity contribution is -0.140. The molecule has 4 amide bonds. The number of halogens is 3. The van der Waals surface area contributed by atoms with E-state index in [0.29, 0.717) is 0 Å².